The number of hydrogen-bond donors (Lipinski definition) is 0. The highest BCUT2D eigenvalue weighted by atomic mass is 14.4. The molecule has 44 heavy (non-hydrogen) atoms. The molecular formula is C42H30N2. The van der Waals surface area contributed by atoms with Crippen LogP contribution in [0.25, 0.3) is 54.9 Å². The molecule has 0 aliphatic heterocycles. The fraction of sp³-hybridized carbons (Fsp3) is 0.190. The summed E-state index contributed by atoms with van der Waals surface area (Å²) in [6, 6.07) is 35.8. The van der Waals surface area contributed by atoms with Gasteiger partial charge in [0.05, 0.1) is 23.3 Å². The Morgan fingerprint density at radius 1 is 0.477 bits per heavy atom. The van der Waals surface area contributed by atoms with Gasteiger partial charge in [0.25, 0.3) is 0 Å². The summed E-state index contributed by atoms with van der Waals surface area (Å²) in [6.07, 6.45) is 2.01. The van der Waals surface area contributed by atoms with E-state index in [1.165, 1.54) is 77.5 Å². The van der Waals surface area contributed by atoms with Crippen LogP contribution in [0.15, 0.2) is 84.9 Å². The van der Waals surface area contributed by atoms with E-state index >= 15 is 0 Å². The largest absolute Gasteiger partial charge is 0.192 e. The fourth-order valence-corrected chi connectivity index (χ4v) is 8.71. The van der Waals surface area contributed by atoms with Crippen molar-refractivity contribution in [2.45, 2.75) is 51.4 Å². The Labute approximate surface area is 257 Å². The summed E-state index contributed by atoms with van der Waals surface area (Å²) in [4.78, 5) is 0. The van der Waals surface area contributed by atoms with Crippen molar-refractivity contribution in [3.8, 4) is 45.5 Å². The molecule has 0 fully saturated rings. The van der Waals surface area contributed by atoms with Crippen LogP contribution < -0.4 is 0 Å². The smallest absolute Gasteiger partial charge is 0.0998 e. The molecule has 0 spiro atoms. The fourth-order valence-electron chi connectivity index (χ4n) is 8.71. The van der Waals surface area contributed by atoms with Gasteiger partial charge in [0.1, 0.15) is 0 Å². The highest BCUT2D eigenvalue weighted by Crippen LogP contribution is 2.57. The van der Waals surface area contributed by atoms with E-state index in [2.05, 4.69) is 113 Å². The van der Waals surface area contributed by atoms with Gasteiger partial charge in [-0.05, 0) is 115 Å². The van der Waals surface area contributed by atoms with E-state index in [1.54, 1.807) is 0 Å². The Hall–Kier alpha value is -5.18. The summed E-state index contributed by atoms with van der Waals surface area (Å²) in [5.74, 6) is 0. The maximum atomic E-state index is 10.0. The number of fused-ring (bicyclic) bond motifs is 13. The van der Waals surface area contributed by atoms with Gasteiger partial charge in [-0.1, -0.05) is 88.4 Å². The van der Waals surface area contributed by atoms with Crippen molar-refractivity contribution in [1.29, 1.82) is 10.5 Å². The first-order valence-electron chi connectivity index (χ1n) is 15.5. The van der Waals surface area contributed by atoms with Crippen LogP contribution in [0.4, 0.5) is 0 Å². The molecule has 0 bridgehead atoms. The molecule has 9 rings (SSSR count). The van der Waals surface area contributed by atoms with E-state index in [1.807, 2.05) is 12.1 Å². The molecule has 0 radical (unpaired) electrons. The minimum Gasteiger partial charge on any atom is -0.192 e. The molecule has 0 N–H and O–H groups in total. The number of hydrogen-bond acceptors (Lipinski definition) is 2. The molecule has 0 atom stereocenters. The number of aryl methyl sites for hydroxylation is 2. The standard InChI is InChI=1S/C42H30N2/c1-41(2)35-19-31-23(15-33(35)39-29-11-7-5-9-27(29)25(21-43)17-37(39)41)13-14-24-16-34-36(20-32(24)31)42(3,4)38-18-26(22-44)28-10-6-8-12-30(28)40(34)38/h5-12,15-20H,13-14H2,1-4H3. The average molecular weight is 563 g/mol. The molecule has 208 valence electrons. The molecular weight excluding hydrogens is 532 g/mol. The maximum Gasteiger partial charge on any atom is 0.0998 e. The molecule has 3 aliphatic rings. The molecule has 6 aromatic carbocycles. The second-order valence-corrected chi connectivity index (χ2v) is 13.9. The SMILES string of the molecule is CC1(C)c2cc3c(cc2-c2c1cc(C#N)c1ccccc21)CCc1cc2c(cc1-3)C(C)(C)c1cc(C#N)c3ccccc3c1-2. The Morgan fingerprint density at radius 3 is 1.25 bits per heavy atom. The summed E-state index contributed by atoms with van der Waals surface area (Å²) >= 11 is 0. The van der Waals surface area contributed by atoms with Crippen molar-refractivity contribution in [3.63, 3.8) is 0 Å². The van der Waals surface area contributed by atoms with E-state index in [4.69, 9.17) is 0 Å². The van der Waals surface area contributed by atoms with Crippen molar-refractivity contribution >= 4 is 21.5 Å². The summed E-state index contributed by atoms with van der Waals surface area (Å²) < 4.78 is 0. The van der Waals surface area contributed by atoms with E-state index in [9.17, 15) is 10.5 Å². The van der Waals surface area contributed by atoms with Crippen LogP contribution >= 0.6 is 0 Å². The maximum absolute atomic E-state index is 10.0. The van der Waals surface area contributed by atoms with Crippen LogP contribution in [-0.4, -0.2) is 0 Å². The van der Waals surface area contributed by atoms with Gasteiger partial charge < -0.3 is 0 Å². The van der Waals surface area contributed by atoms with Gasteiger partial charge in [0.15, 0.2) is 0 Å². The Kier molecular flexibility index (Phi) is 4.75. The lowest BCUT2D eigenvalue weighted by atomic mass is 9.76. The van der Waals surface area contributed by atoms with Crippen molar-refractivity contribution in [3.05, 3.63) is 129 Å². The molecule has 2 nitrogen and oxygen atoms in total. The van der Waals surface area contributed by atoms with Crippen LogP contribution in [0.2, 0.25) is 0 Å². The van der Waals surface area contributed by atoms with Crippen molar-refractivity contribution < 1.29 is 0 Å². The minimum absolute atomic E-state index is 0.216. The molecule has 2 heteroatoms. The lowest BCUT2D eigenvalue weighted by Crippen LogP contribution is -2.17. The van der Waals surface area contributed by atoms with E-state index in [0.29, 0.717) is 0 Å². The number of rotatable bonds is 0. The lowest BCUT2D eigenvalue weighted by Gasteiger charge is -2.28. The molecule has 0 saturated carbocycles. The van der Waals surface area contributed by atoms with Crippen LogP contribution in [0.5, 0.6) is 0 Å². The Morgan fingerprint density at radius 2 is 0.864 bits per heavy atom. The lowest BCUT2D eigenvalue weighted by molar-refractivity contribution is 0.659. The predicted octanol–water partition coefficient (Wildman–Crippen LogP) is 10.1. The topological polar surface area (TPSA) is 47.6 Å². The van der Waals surface area contributed by atoms with Gasteiger partial charge >= 0.3 is 0 Å². The molecule has 0 aromatic heterocycles. The van der Waals surface area contributed by atoms with Crippen molar-refractivity contribution in [2.75, 3.05) is 0 Å². The van der Waals surface area contributed by atoms with E-state index in [0.717, 1.165) is 34.7 Å². The number of benzene rings is 6. The van der Waals surface area contributed by atoms with Gasteiger partial charge in [0.2, 0.25) is 0 Å². The predicted molar refractivity (Wildman–Crippen MR) is 179 cm³/mol. The molecule has 0 saturated heterocycles. The third-order valence-electron chi connectivity index (χ3n) is 11.0. The third kappa shape index (κ3) is 2.98. The summed E-state index contributed by atoms with van der Waals surface area (Å²) in [5.41, 5.74) is 16.9. The second-order valence-electron chi connectivity index (χ2n) is 13.9. The Bertz CT molecular complexity index is 2230. The first kappa shape index (κ1) is 25.3. The number of nitriles is 2. The van der Waals surface area contributed by atoms with Crippen LogP contribution in [-0.2, 0) is 23.7 Å². The van der Waals surface area contributed by atoms with Gasteiger partial charge in [-0.15, -0.1) is 0 Å². The Balaban J connectivity index is 1.29. The highest BCUT2D eigenvalue weighted by Gasteiger charge is 2.41. The quantitative estimate of drug-likeness (QED) is 0.185. The first-order valence-corrected chi connectivity index (χ1v) is 15.5. The molecule has 0 heterocycles. The van der Waals surface area contributed by atoms with Crippen LogP contribution in [0, 0.1) is 22.7 Å². The van der Waals surface area contributed by atoms with Crippen LogP contribution in [0.1, 0.15) is 72.2 Å². The molecule has 3 aliphatic carbocycles. The zero-order valence-electron chi connectivity index (χ0n) is 25.4. The van der Waals surface area contributed by atoms with Gasteiger partial charge in [0, 0.05) is 21.6 Å². The van der Waals surface area contributed by atoms with E-state index in [-0.39, 0.29) is 10.8 Å². The summed E-state index contributed by atoms with van der Waals surface area (Å²) in [5, 5.41) is 24.5. The summed E-state index contributed by atoms with van der Waals surface area (Å²) in [7, 11) is 0. The number of nitrogens with zero attached hydrogens (tertiary/aromatic N) is 2. The van der Waals surface area contributed by atoms with Crippen LogP contribution in [0.3, 0.4) is 0 Å². The van der Waals surface area contributed by atoms with Gasteiger partial charge in [-0.2, -0.15) is 10.5 Å². The minimum atomic E-state index is -0.216. The van der Waals surface area contributed by atoms with Crippen molar-refractivity contribution in [2.24, 2.45) is 0 Å². The highest BCUT2D eigenvalue weighted by molar-refractivity contribution is 6.07. The van der Waals surface area contributed by atoms with Crippen molar-refractivity contribution in [1.82, 2.24) is 0 Å². The second kappa shape index (κ2) is 8.25. The normalized spacial score (nSPS) is 15.9. The first-order chi connectivity index (χ1) is 21.2. The molecule has 0 unspecified atom stereocenters. The third-order valence-corrected chi connectivity index (χ3v) is 11.0. The zero-order chi connectivity index (χ0) is 30.1. The molecule has 0 amide bonds. The van der Waals surface area contributed by atoms with Gasteiger partial charge in [-0.25, -0.2) is 0 Å². The van der Waals surface area contributed by atoms with E-state index < -0.39 is 0 Å². The average Bonchev–Trinajstić information content (AvgIpc) is 3.40. The summed E-state index contributed by atoms with van der Waals surface area (Å²) in [6.45, 7) is 9.24. The zero-order valence-corrected chi connectivity index (χ0v) is 25.4. The monoisotopic (exact) mass is 562 g/mol. The molecule has 6 aromatic rings. The van der Waals surface area contributed by atoms with Gasteiger partial charge in [-0.3, -0.25) is 0 Å².